The van der Waals surface area contributed by atoms with E-state index in [1.807, 2.05) is 7.05 Å². The van der Waals surface area contributed by atoms with Gasteiger partial charge in [0.05, 0.1) is 19.1 Å². The lowest BCUT2D eigenvalue weighted by Gasteiger charge is -2.15. The second-order valence-electron chi connectivity index (χ2n) is 5.64. The van der Waals surface area contributed by atoms with E-state index >= 15 is 0 Å². The molecule has 1 saturated heterocycles. The molecule has 2 atom stereocenters. The van der Waals surface area contributed by atoms with Crippen LogP contribution in [0.15, 0.2) is 18.2 Å². The van der Waals surface area contributed by atoms with Crippen LogP contribution in [-0.2, 0) is 28.8 Å². The minimum atomic E-state index is 0.0123. The fourth-order valence-corrected chi connectivity index (χ4v) is 3.22. The van der Waals surface area contributed by atoms with Gasteiger partial charge in [-0.1, -0.05) is 18.2 Å². The first kappa shape index (κ1) is 12.8. The Hall–Kier alpha value is -1.19. The van der Waals surface area contributed by atoms with Crippen LogP contribution in [0.1, 0.15) is 23.1 Å². The number of carbonyl (C=O) groups excluding carboxylic acids is 1. The van der Waals surface area contributed by atoms with Gasteiger partial charge in [0, 0.05) is 12.5 Å². The van der Waals surface area contributed by atoms with Crippen LogP contribution in [0.3, 0.4) is 0 Å². The molecule has 1 aromatic carbocycles. The number of fused-ring (bicyclic) bond motifs is 1. The zero-order chi connectivity index (χ0) is 13.2. The molecule has 1 heterocycles. The topological polar surface area (TPSA) is 38.3 Å². The fraction of sp³-hybridized carbons (Fsp3) is 0.562. The van der Waals surface area contributed by atoms with E-state index in [0.29, 0.717) is 25.4 Å². The van der Waals surface area contributed by atoms with E-state index in [-0.39, 0.29) is 12.0 Å². The molecule has 1 aliphatic heterocycles. The molecule has 3 heteroatoms. The van der Waals surface area contributed by atoms with Crippen LogP contribution in [0.2, 0.25) is 0 Å². The quantitative estimate of drug-likeness (QED) is 0.891. The average Bonchev–Trinajstić information content (AvgIpc) is 3.06. The van der Waals surface area contributed by atoms with Crippen LogP contribution in [0.5, 0.6) is 0 Å². The first-order valence-electron chi connectivity index (χ1n) is 7.16. The van der Waals surface area contributed by atoms with E-state index in [2.05, 4.69) is 23.5 Å². The third kappa shape index (κ3) is 2.58. The number of ether oxygens (including phenoxy) is 1. The molecule has 0 radical (unpaired) electrons. The number of hydrogen-bond acceptors (Lipinski definition) is 3. The summed E-state index contributed by atoms with van der Waals surface area (Å²) in [4.78, 5) is 12.4. The molecule has 2 aliphatic rings. The average molecular weight is 259 g/mol. The minimum absolute atomic E-state index is 0.0123. The van der Waals surface area contributed by atoms with Crippen molar-refractivity contribution < 1.29 is 9.53 Å². The summed E-state index contributed by atoms with van der Waals surface area (Å²) in [5.74, 6) is 0.313. The maximum atomic E-state index is 12.4. The molecule has 1 N–H and O–H groups in total. The highest BCUT2D eigenvalue weighted by Gasteiger charge is 2.32. The van der Waals surface area contributed by atoms with Gasteiger partial charge >= 0.3 is 0 Å². The molecule has 102 valence electrons. The Labute approximate surface area is 114 Å². The molecule has 1 aromatic rings. The van der Waals surface area contributed by atoms with Crippen molar-refractivity contribution in [1.29, 1.82) is 0 Å². The fourth-order valence-electron chi connectivity index (χ4n) is 3.22. The summed E-state index contributed by atoms with van der Waals surface area (Å²) < 4.78 is 5.41. The minimum Gasteiger partial charge on any atom is -0.379 e. The summed E-state index contributed by atoms with van der Waals surface area (Å²) in [7, 11) is 1.90. The molecule has 0 saturated carbocycles. The number of hydrogen-bond donors (Lipinski definition) is 1. The first-order chi connectivity index (χ1) is 9.28. The Morgan fingerprint density at radius 2 is 2.16 bits per heavy atom. The summed E-state index contributed by atoms with van der Waals surface area (Å²) in [6.07, 6.45) is 4.16. The number of nitrogens with one attached hydrogen (secondary N) is 1. The normalized spacial score (nSPS) is 25.5. The molecule has 0 aromatic heterocycles. The Balaban J connectivity index is 1.69. The van der Waals surface area contributed by atoms with E-state index in [9.17, 15) is 4.79 Å². The summed E-state index contributed by atoms with van der Waals surface area (Å²) in [5.41, 5.74) is 4.07. The van der Waals surface area contributed by atoms with Gasteiger partial charge in [-0.25, -0.2) is 0 Å². The zero-order valence-electron chi connectivity index (χ0n) is 11.4. The highest BCUT2D eigenvalue weighted by molar-refractivity contribution is 5.84. The molecule has 19 heavy (non-hydrogen) atoms. The number of Topliss-reactive ketones (excluding diaryl/α,β-unsaturated/α-hetero) is 1. The highest BCUT2D eigenvalue weighted by Crippen LogP contribution is 2.24. The summed E-state index contributed by atoms with van der Waals surface area (Å²) in [6, 6.07) is 6.73. The largest absolute Gasteiger partial charge is 0.379 e. The Kier molecular flexibility index (Phi) is 3.67. The van der Waals surface area contributed by atoms with Gasteiger partial charge in [-0.2, -0.15) is 0 Å². The SMILES string of the molecule is CNC1COCC1C(=O)Cc1ccc2c(c1)CCC2. The number of aryl methyl sites for hydroxylation is 2. The highest BCUT2D eigenvalue weighted by atomic mass is 16.5. The Morgan fingerprint density at radius 3 is 3.00 bits per heavy atom. The number of carbonyl (C=O) groups is 1. The predicted molar refractivity (Wildman–Crippen MR) is 74.3 cm³/mol. The molecule has 3 nitrogen and oxygen atoms in total. The van der Waals surface area contributed by atoms with Crippen LogP contribution in [0.4, 0.5) is 0 Å². The van der Waals surface area contributed by atoms with Crippen molar-refractivity contribution in [2.45, 2.75) is 31.7 Å². The van der Waals surface area contributed by atoms with Gasteiger partial charge < -0.3 is 10.1 Å². The smallest absolute Gasteiger partial charge is 0.144 e. The molecular formula is C16H21NO2. The zero-order valence-corrected chi connectivity index (χ0v) is 11.4. The lowest BCUT2D eigenvalue weighted by molar-refractivity contribution is -0.122. The van der Waals surface area contributed by atoms with Crippen molar-refractivity contribution in [2.24, 2.45) is 5.92 Å². The molecule has 0 amide bonds. The number of likely N-dealkylation sites (N-methyl/N-ethyl adjacent to an activating group) is 1. The molecule has 1 aliphatic carbocycles. The van der Waals surface area contributed by atoms with Gasteiger partial charge in [-0.05, 0) is 43.0 Å². The van der Waals surface area contributed by atoms with Crippen molar-refractivity contribution in [3.05, 3.63) is 34.9 Å². The second-order valence-corrected chi connectivity index (χ2v) is 5.64. The van der Waals surface area contributed by atoms with Gasteiger partial charge in [0.25, 0.3) is 0 Å². The molecular weight excluding hydrogens is 238 g/mol. The molecule has 3 rings (SSSR count). The maximum Gasteiger partial charge on any atom is 0.144 e. The third-order valence-electron chi connectivity index (χ3n) is 4.41. The molecule has 1 fully saturated rings. The van der Waals surface area contributed by atoms with Crippen LogP contribution < -0.4 is 5.32 Å². The van der Waals surface area contributed by atoms with Crippen molar-refractivity contribution in [2.75, 3.05) is 20.3 Å². The monoisotopic (exact) mass is 259 g/mol. The second kappa shape index (κ2) is 5.43. The standard InChI is InChI=1S/C16H21NO2/c1-17-15-10-19-9-14(15)16(18)8-11-5-6-12-3-2-4-13(12)7-11/h5-7,14-15,17H,2-4,8-10H2,1H3. The van der Waals surface area contributed by atoms with Crippen LogP contribution in [0.25, 0.3) is 0 Å². The maximum absolute atomic E-state index is 12.4. The lowest BCUT2D eigenvalue weighted by Crippen LogP contribution is -2.37. The lowest BCUT2D eigenvalue weighted by atomic mass is 9.93. The van der Waals surface area contributed by atoms with E-state index in [0.717, 1.165) is 5.56 Å². The van der Waals surface area contributed by atoms with Gasteiger partial charge in [0.15, 0.2) is 0 Å². The molecule has 0 bridgehead atoms. The number of ketones is 1. The first-order valence-corrected chi connectivity index (χ1v) is 7.16. The van der Waals surface area contributed by atoms with Gasteiger partial charge in [0.1, 0.15) is 5.78 Å². The summed E-state index contributed by atoms with van der Waals surface area (Å²) >= 11 is 0. The van der Waals surface area contributed by atoms with Gasteiger partial charge in [0.2, 0.25) is 0 Å². The number of benzene rings is 1. The molecule has 2 unspecified atom stereocenters. The van der Waals surface area contributed by atoms with E-state index in [1.165, 1.54) is 30.4 Å². The van der Waals surface area contributed by atoms with Crippen molar-refractivity contribution in [3.8, 4) is 0 Å². The number of rotatable bonds is 4. The van der Waals surface area contributed by atoms with Crippen molar-refractivity contribution in [3.63, 3.8) is 0 Å². The van der Waals surface area contributed by atoms with Crippen molar-refractivity contribution in [1.82, 2.24) is 5.32 Å². The molecule has 0 spiro atoms. The van der Waals surface area contributed by atoms with E-state index in [1.54, 1.807) is 0 Å². The van der Waals surface area contributed by atoms with Crippen LogP contribution in [0, 0.1) is 5.92 Å². The van der Waals surface area contributed by atoms with Crippen molar-refractivity contribution >= 4 is 5.78 Å². The Bertz CT molecular complexity index is 484. The van der Waals surface area contributed by atoms with E-state index in [4.69, 9.17) is 4.74 Å². The Morgan fingerprint density at radius 1 is 1.32 bits per heavy atom. The van der Waals surface area contributed by atoms with Gasteiger partial charge in [-0.15, -0.1) is 0 Å². The van der Waals surface area contributed by atoms with Gasteiger partial charge in [-0.3, -0.25) is 4.79 Å². The van der Waals surface area contributed by atoms with Crippen LogP contribution in [-0.4, -0.2) is 32.1 Å². The van der Waals surface area contributed by atoms with E-state index < -0.39 is 0 Å². The summed E-state index contributed by atoms with van der Waals surface area (Å²) in [6.45, 7) is 1.21. The predicted octanol–water partition coefficient (Wildman–Crippen LogP) is 1.52. The summed E-state index contributed by atoms with van der Waals surface area (Å²) in [5, 5.41) is 3.18. The van der Waals surface area contributed by atoms with Crippen LogP contribution >= 0.6 is 0 Å². The third-order valence-corrected chi connectivity index (χ3v) is 4.41.